The van der Waals surface area contributed by atoms with Gasteiger partial charge in [-0.1, -0.05) is 29.8 Å². The first-order valence-electron chi connectivity index (χ1n) is 6.39. The number of amides is 1. The Labute approximate surface area is 110 Å². The lowest BCUT2D eigenvalue weighted by Gasteiger charge is -2.25. The molecule has 0 radical (unpaired) electrons. The average Bonchev–Trinajstić information content (AvgIpc) is 2.35. The van der Waals surface area contributed by atoms with Crippen LogP contribution in [0.25, 0.3) is 0 Å². The van der Waals surface area contributed by atoms with Crippen LogP contribution in [0.15, 0.2) is 24.3 Å². The number of benzene rings is 1. The molecule has 0 heterocycles. The third-order valence-corrected chi connectivity index (χ3v) is 3.27. The summed E-state index contributed by atoms with van der Waals surface area (Å²) < 4.78 is 0. The van der Waals surface area contributed by atoms with Crippen LogP contribution in [0.3, 0.4) is 0 Å². The van der Waals surface area contributed by atoms with Crippen molar-refractivity contribution in [2.24, 2.45) is 5.41 Å². The Bertz CT molecular complexity index is 395. The fourth-order valence-electron chi connectivity index (χ4n) is 1.80. The summed E-state index contributed by atoms with van der Waals surface area (Å²) in [5.41, 5.74) is 2.11. The van der Waals surface area contributed by atoms with Gasteiger partial charge in [-0.05, 0) is 33.3 Å². The first-order valence-corrected chi connectivity index (χ1v) is 6.39. The first kappa shape index (κ1) is 14.7. The molecule has 18 heavy (non-hydrogen) atoms. The predicted molar refractivity (Wildman–Crippen MR) is 75.4 cm³/mol. The number of carbonyl (C=O) groups excluding carboxylic acids is 1. The van der Waals surface area contributed by atoms with Crippen LogP contribution in [0.4, 0.5) is 0 Å². The lowest BCUT2D eigenvalue weighted by Crippen LogP contribution is -2.42. The molecule has 0 saturated carbocycles. The van der Waals surface area contributed by atoms with Crippen molar-refractivity contribution < 1.29 is 4.79 Å². The highest BCUT2D eigenvalue weighted by atomic mass is 16.2. The molecule has 0 aliphatic rings. The molecule has 0 fully saturated rings. The summed E-state index contributed by atoms with van der Waals surface area (Å²) in [6.45, 7) is 8.74. The fourth-order valence-corrected chi connectivity index (χ4v) is 1.80. The van der Waals surface area contributed by atoms with E-state index in [1.54, 1.807) is 7.05 Å². The first-order chi connectivity index (χ1) is 8.36. The Balaban J connectivity index is 2.58. The SMILES string of the molecule is CNC(=O)C(C)(C)CN[C@@H](C)c1ccc(C)cc1. The molecule has 0 aliphatic carbocycles. The summed E-state index contributed by atoms with van der Waals surface area (Å²) >= 11 is 0. The fraction of sp³-hybridized carbons (Fsp3) is 0.533. The van der Waals surface area contributed by atoms with Gasteiger partial charge in [0.15, 0.2) is 0 Å². The van der Waals surface area contributed by atoms with Gasteiger partial charge in [-0.2, -0.15) is 0 Å². The summed E-state index contributed by atoms with van der Waals surface area (Å²) in [6.07, 6.45) is 0. The molecule has 1 amide bonds. The highest BCUT2D eigenvalue weighted by molar-refractivity contribution is 5.81. The Hall–Kier alpha value is -1.35. The summed E-state index contributed by atoms with van der Waals surface area (Å²) in [4.78, 5) is 11.7. The molecule has 3 nitrogen and oxygen atoms in total. The molecule has 0 spiro atoms. The van der Waals surface area contributed by atoms with Crippen LogP contribution < -0.4 is 10.6 Å². The van der Waals surface area contributed by atoms with Gasteiger partial charge in [0.1, 0.15) is 0 Å². The van der Waals surface area contributed by atoms with Gasteiger partial charge in [-0.25, -0.2) is 0 Å². The third-order valence-electron chi connectivity index (χ3n) is 3.27. The average molecular weight is 248 g/mol. The van der Waals surface area contributed by atoms with E-state index in [2.05, 4.69) is 48.7 Å². The molecule has 1 aromatic rings. The van der Waals surface area contributed by atoms with Gasteiger partial charge in [-0.15, -0.1) is 0 Å². The van der Waals surface area contributed by atoms with Crippen LogP contribution in [0.5, 0.6) is 0 Å². The summed E-state index contributed by atoms with van der Waals surface area (Å²) in [6, 6.07) is 8.71. The molecule has 0 bridgehead atoms. The van der Waals surface area contributed by atoms with Gasteiger partial charge in [-0.3, -0.25) is 4.79 Å². The summed E-state index contributed by atoms with van der Waals surface area (Å²) in [5.74, 6) is 0.0612. The molecule has 100 valence electrons. The maximum atomic E-state index is 11.7. The van der Waals surface area contributed by atoms with E-state index in [0.717, 1.165) is 0 Å². The minimum Gasteiger partial charge on any atom is -0.359 e. The lowest BCUT2D eigenvalue weighted by atomic mass is 9.91. The Morgan fingerprint density at radius 3 is 2.33 bits per heavy atom. The second-order valence-corrected chi connectivity index (χ2v) is 5.48. The molecule has 0 unspecified atom stereocenters. The number of aryl methyl sites for hydroxylation is 1. The summed E-state index contributed by atoms with van der Waals surface area (Å²) in [5, 5.41) is 6.11. The van der Waals surface area contributed by atoms with Gasteiger partial charge in [0.2, 0.25) is 5.91 Å². The van der Waals surface area contributed by atoms with E-state index in [9.17, 15) is 4.79 Å². The Morgan fingerprint density at radius 2 is 1.83 bits per heavy atom. The zero-order valence-electron chi connectivity index (χ0n) is 12.0. The minimum absolute atomic E-state index is 0.0612. The quantitative estimate of drug-likeness (QED) is 0.840. The zero-order chi connectivity index (χ0) is 13.8. The van der Waals surface area contributed by atoms with E-state index < -0.39 is 5.41 Å². The standard InChI is InChI=1S/C15H24N2O/c1-11-6-8-13(9-7-11)12(2)17-10-15(3,4)14(18)16-5/h6-9,12,17H,10H2,1-5H3,(H,16,18)/t12-/m0/s1. The third kappa shape index (κ3) is 3.84. The van der Waals surface area contributed by atoms with Crippen molar-refractivity contribution in [3.05, 3.63) is 35.4 Å². The van der Waals surface area contributed by atoms with Crippen molar-refractivity contribution >= 4 is 5.91 Å². The van der Waals surface area contributed by atoms with Gasteiger partial charge in [0.05, 0.1) is 5.41 Å². The van der Waals surface area contributed by atoms with Crippen LogP contribution in [0.1, 0.15) is 37.9 Å². The van der Waals surface area contributed by atoms with Crippen LogP contribution >= 0.6 is 0 Å². The molecule has 1 atom stereocenters. The topological polar surface area (TPSA) is 41.1 Å². The normalized spacial score (nSPS) is 13.2. The molecule has 0 aliphatic heterocycles. The van der Waals surface area contributed by atoms with Gasteiger partial charge < -0.3 is 10.6 Å². The van der Waals surface area contributed by atoms with Gasteiger partial charge >= 0.3 is 0 Å². The van der Waals surface area contributed by atoms with E-state index in [-0.39, 0.29) is 11.9 Å². The molecule has 3 heteroatoms. The van der Waals surface area contributed by atoms with E-state index >= 15 is 0 Å². The number of hydrogen-bond donors (Lipinski definition) is 2. The lowest BCUT2D eigenvalue weighted by molar-refractivity contribution is -0.128. The molecule has 2 N–H and O–H groups in total. The Morgan fingerprint density at radius 1 is 1.28 bits per heavy atom. The molecule has 0 saturated heterocycles. The highest BCUT2D eigenvalue weighted by Gasteiger charge is 2.26. The smallest absolute Gasteiger partial charge is 0.226 e. The summed E-state index contributed by atoms with van der Waals surface area (Å²) in [7, 11) is 1.67. The van der Waals surface area contributed by atoms with E-state index in [0.29, 0.717) is 6.54 Å². The predicted octanol–water partition coefficient (Wildman–Crippen LogP) is 2.42. The zero-order valence-corrected chi connectivity index (χ0v) is 12.0. The van der Waals surface area contributed by atoms with Crippen molar-refractivity contribution in [2.45, 2.75) is 33.7 Å². The van der Waals surface area contributed by atoms with E-state index in [1.165, 1.54) is 11.1 Å². The maximum Gasteiger partial charge on any atom is 0.226 e. The van der Waals surface area contributed by atoms with E-state index in [1.807, 2.05) is 13.8 Å². The van der Waals surface area contributed by atoms with Crippen molar-refractivity contribution in [1.29, 1.82) is 0 Å². The highest BCUT2D eigenvalue weighted by Crippen LogP contribution is 2.18. The van der Waals surface area contributed by atoms with Gasteiger partial charge in [0, 0.05) is 19.6 Å². The number of rotatable bonds is 5. The van der Waals surface area contributed by atoms with Crippen molar-refractivity contribution in [2.75, 3.05) is 13.6 Å². The minimum atomic E-state index is -0.395. The maximum absolute atomic E-state index is 11.7. The largest absolute Gasteiger partial charge is 0.359 e. The number of carbonyl (C=O) groups is 1. The van der Waals surface area contributed by atoms with Crippen LogP contribution in [-0.2, 0) is 4.79 Å². The van der Waals surface area contributed by atoms with Gasteiger partial charge in [0.25, 0.3) is 0 Å². The second kappa shape index (κ2) is 6.01. The van der Waals surface area contributed by atoms with Crippen LogP contribution in [0.2, 0.25) is 0 Å². The van der Waals surface area contributed by atoms with E-state index in [4.69, 9.17) is 0 Å². The monoisotopic (exact) mass is 248 g/mol. The van der Waals surface area contributed by atoms with Crippen molar-refractivity contribution in [3.63, 3.8) is 0 Å². The second-order valence-electron chi connectivity index (χ2n) is 5.48. The molecule has 1 rings (SSSR count). The number of hydrogen-bond acceptors (Lipinski definition) is 2. The van der Waals surface area contributed by atoms with Crippen molar-refractivity contribution in [3.8, 4) is 0 Å². The molecular formula is C15H24N2O. The number of nitrogens with one attached hydrogen (secondary N) is 2. The van der Waals surface area contributed by atoms with Crippen molar-refractivity contribution in [1.82, 2.24) is 10.6 Å². The Kier molecular flexibility index (Phi) is 4.91. The molecule has 0 aromatic heterocycles. The molecular weight excluding hydrogens is 224 g/mol. The van der Waals surface area contributed by atoms with Crippen LogP contribution in [-0.4, -0.2) is 19.5 Å². The molecule has 1 aromatic carbocycles. The van der Waals surface area contributed by atoms with Crippen LogP contribution in [0, 0.1) is 12.3 Å².